The zero-order valence-electron chi connectivity index (χ0n) is 13.7. The highest BCUT2D eigenvalue weighted by atomic mass is 32.2. The van der Waals surface area contributed by atoms with Crippen LogP contribution in [0, 0.1) is 0 Å². The van der Waals surface area contributed by atoms with Gasteiger partial charge < -0.3 is 10.6 Å². The molecule has 2 N–H and O–H groups in total. The van der Waals surface area contributed by atoms with E-state index in [0.29, 0.717) is 17.0 Å². The summed E-state index contributed by atoms with van der Waals surface area (Å²) in [5.74, 6) is 1.86. The molecule has 1 aromatic carbocycles. The molecule has 0 aliphatic carbocycles. The summed E-state index contributed by atoms with van der Waals surface area (Å²) in [7, 11) is 0. The van der Waals surface area contributed by atoms with Crippen LogP contribution in [0.4, 0.5) is 11.4 Å². The third-order valence-corrected chi connectivity index (χ3v) is 5.23. The average Bonchev–Trinajstić information content (AvgIpc) is 3.11. The standard InChI is InChI=1S/C18H22N2O2S2/c1-2-3-11-23-13-10-17(21)19-14-6-8-15(9-7-14)20-18(22)16-5-4-12-24-16/h4-9,12H,2-3,10-11,13H2,1H3,(H,19,21)(H,20,22). The highest BCUT2D eigenvalue weighted by Crippen LogP contribution is 2.17. The highest BCUT2D eigenvalue weighted by molar-refractivity contribution is 7.99. The second-order valence-corrected chi connectivity index (χ2v) is 7.45. The molecule has 0 atom stereocenters. The van der Waals surface area contributed by atoms with Gasteiger partial charge in [-0.2, -0.15) is 11.8 Å². The van der Waals surface area contributed by atoms with Gasteiger partial charge in [0.1, 0.15) is 0 Å². The molecule has 2 rings (SSSR count). The minimum Gasteiger partial charge on any atom is -0.326 e. The minimum absolute atomic E-state index is 0.0226. The van der Waals surface area contributed by atoms with Crippen molar-refractivity contribution in [1.29, 1.82) is 0 Å². The van der Waals surface area contributed by atoms with E-state index >= 15 is 0 Å². The van der Waals surface area contributed by atoms with Crippen LogP contribution < -0.4 is 10.6 Å². The van der Waals surface area contributed by atoms with Crippen LogP contribution in [-0.4, -0.2) is 23.3 Å². The summed E-state index contributed by atoms with van der Waals surface area (Å²) in [6.45, 7) is 2.17. The van der Waals surface area contributed by atoms with Gasteiger partial charge in [-0.3, -0.25) is 9.59 Å². The van der Waals surface area contributed by atoms with Crippen LogP contribution in [-0.2, 0) is 4.79 Å². The maximum atomic E-state index is 12.0. The molecule has 0 saturated heterocycles. The van der Waals surface area contributed by atoms with Crippen molar-refractivity contribution in [3.8, 4) is 0 Å². The van der Waals surface area contributed by atoms with Gasteiger partial charge in [0.25, 0.3) is 5.91 Å². The summed E-state index contributed by atoms with van der Waals surface area (Å²) in [5.41, 5.74) is 1.45. The Hall–Kier alpha value is -1.79. The molecule has 0 radical (unpaired) electrons. The van der Waals surface area contributed by atoms with E-state index in [1.807, 2.05) is 23.2 Å². The van der Waals surface area contributed by atoms with E-state index in [9.17, 15) is 9.59 Å². The van der Waals surface area contributed by atoms with Gasteiger partial charge in [-0.25, -0.2) is 0 Å². The Morgan fingerprint density at radius 2 is 1.75 bits per heavy atom. The quantitative estimate of drug-likeness (QED) is 0.626. The number of rotatable bonds is 9. The van der Waals surface area contributed by atoms with Crippen molar-refractivity contribution < 1.29 is 9.59 Å². The van der Waals surface area contributed by atoms with Gasteiger partial charge in [0, 0.05) is 23.5 Å². The van der Waals surface area contributed by atoms with Crippen LogP contribution in [0.3, 0.4) is 0 Å². The Kier molecular flexibility index (Phi) is 7.85. The Morgan fingerprint density at radius 1 is 1.04 bits per heavy atom. The number of anilines is 2. The Balaban J connectivity index is 1.75. The van der Waals surface area contributed by atoms with Crippen LogP contribution in [0.1, 0.15) is 35.9 Å². The molecule has 128 valence electrons. The zero-order chi connectivity index (χ0) is 17.2. The van der Waals surface area contributed by atoms with E-state index in [4.69, 9.17) is 0 Å². The first kappa shape index (κ1) is 18.5. The number of carbonyl (C=O) groups excluding carboxylic acids is 2. The zero-order valence-corrected chi connectivity index (χ0v) is 15.3. The van der Waals surface area contributed by atoms with E-state index < -0.39 is 0 Å². The fourth-order valence-corrected chi connectivity index (χ4v) is 3.62. The molecule has 0 unspecified atom stereocenters. The molecule has 0 saturated carbocycles. The largest absolute Gasteiger partial charge is 0.326 e. The number of hydrogen-bond donors (Lipinski definition) is 2. The van der Waals surface area contributed by atoms with Gasteiger partial charge in [-0.1, -0.05) is 19.4 Å². The van der Waals surface area contributed by atoms with Crippen LogP contribution >= 0.6 is 23.1 Å². The lowest BCUT2D eigenvalue weighted by atomic mass is 10.2. The van der Waals surface area contributed by atoms with Gasteiger partial charge in [0.05, 0.1) is 4.88 Å². The molecule has 2 aromatic rings. The van der Waals surface area contributed by atoms with E-state index in [2.05, 4.69) is 17.6 Å². The molecule has 24 heavy (non-hydrogen) atoms. The highest BCUT2D eigenvalue weighted by Gasteiger charge is 2.07. The third-order valence-electron chi connectivity index (χ3n) is 3.29. The van der Waals surface area contributed by atoms with E-state index in [1.54, 1.807) is 30.3 Å². The van der Waals surface area contributed by atoms with Crippen LogP contribution in [0.15, 0.2) is 41.8 Å². The minimum atomic E-state index is -0.120. The molecule has 6 heteroatoms. The average molecular weight is 363 g/mol. The molecular formula is C18H22N2O2S2. The van der Waals surface area contributed by atoms with Crippen molar-refractivity contribution >= 4 is 46.3 Å². The van der Waals surface area contributed by atoms with Crippen molar-refractivity contribution in [3.05, 3.63) is 46.7 Å². The number of nitrogens with one attached hydrogen (secondary N) is 2. The molecule has 0 fully saturated rings. The lowest BCUT2D eigenvalue weighted by Gasteiger charge is -2.07. The number of amides is 2. The summed E-state index contributed by atoms with van der Waals surface area (Å²) >= 11 is 3.22. The van der Waals surface area contributed by atoms with E-state index in [1.165, 1.54) is 24.2 Å². The molecule has 0 bridgehead atoms. The number of thioether (sulfide) groups is 1. The predicted molar refractivity (Wildman–Crippen MR) is 104 cm³/mol. The Morgan fingerprint density at radius 3 is 2.38 bits per heavy atom. The summed E-state index contributed by atoms with van der Waals surface area (Å²) in [6.07, 6.45) is 2.91. The number of benzene rings is 1. The lowest BCUT2D eigenvalue weighted by molar-refractivity contribution is -0.115. The van der Waals surface area contributed by atoms with Gasteiger partial charge in [-0.05, 0) is 47.9 Å². The van der Waals surface area contributed by atoms with E-state index in [0.717, 1.165) is 17.2 Å². The Bertz CT molecular complexity index is 640. The third kappa shape index (κ3) is 6.37. The van der Waals surface area contributed by atoms with Crippen LogP contribution in [0.5, 0.6) is 0 Å². The second kappa shape index (κ2) is 10.2. The molecule has 2 amide bonds. The molecule has 1 aromatic heterocycles. The fourth-order valence-electron chi connectivity index (χ4n) is 1.97. The van der Waals surface area contributed by atoms with Gasteiger partial charge in [0.2, 0.25) is 5.91 Å². The number of unbranched alkanes of at least 4 members (excludes halogenated alkanes) is 1. The van der Waals surface area contributed by atoms with Crippen LogP contribution in [0.25, 0.3) is 0 Å². The normalized spacial score (nSPS) is 10.4. The molecule has 4 nitrogen and oxygen atoms in total. The SMILES string of the molecule is CCCCSCCC(=O)Nc1ccc(NC(=O)c2cccs2)cc1. The molecule has 0 aliphatic heterocycles. The van der Waals surface area contributed by atoms with Crippen LogP contribution in [0.2, 0.25) is 0 Å². The van der Waals surface area contributed by atoms with Crippen molar-refractivity contribution in [2.24, 2.45) is 0 Å². The van der Waals surface area contributed by atoms with Gasteiger partial charge in [0.15, 0.2) is 0 Å². The predicted octanol–water partition coefficient (Wildman–Crippen LogP) is 4.86. The first-order valence-corrected chi connectivity index (χ1v) is 10.0. The maximum absolute atomic E-state index is 12.0. The van der Waals surface area contributed by atoms with Crippen molar-refractivity contribution in [2.75, 3.05) is 22.1 Å². The smallest absolute Gasteiger partial charge is 0.265 e. The number of thiophene rings is 1. The monoisotopic (exact) mass is 362 g/mol. The first-order chi connectivity index (χ1) is 11.7. The van der Waals surface area contributed by atoms with Crippen molar-refractivity contribution in [3.63, 3.8) is 0 Å². The van der Waals surface area contributed by atoms with Crippen molar-refractivity contribution in [1.82, 2.24) is 0 Å². The first-order valence-electron chi connectivity index (χ1n) is 8.01. The van der Waals surface area contributed by atoms with Crippen molar-refractivity contribution in [2.45, 2.75) is 26.2 Å². The molecule has 0 spiro atoms. The topological polar surface area (TPSA) is 58.2 Å². The maximum Gasteiger partial charge on any atom is 0.265 e. The second-order valence-electron chi connectivity index (χ2n) is 5.27. The molecule has 0 aliphatic rings. The fraction of sp³-hybridized carbons (Fsp3) is 0.333. The summed E-state index contributed by atoms with van der Waals surface area (Å²) < 4.78 is 0. The Labute approximate surface area is 151 Å². The molecular weight excluding hydrogens is 340 g/mol. The summed E-state index contributed by atoms with van der Waals surface area (Å²) in [6, 6.07) is 10.8. The van der Waals surface area contributed by atoms with E-state index in [-0.39, 0.29) is 11.8 Å². The summed E-state index contributed by atoms with van der Waals surface area (Å²) in [4.78, 5) is 24.5. The summed E-state index contributed by atoms with van der Waals surface area (Å²) in [5, 5.41) is 7.58. The molecule has 1 heterocycles. The van der Waals surface area contributed by atoms with Gasteiger partial charge in [-0.15, -0.1) is 11.3 Å². The number of carbonyl (C=O) groups is 2. The van der Waals surface area contributed by atoms with Gasteiger partial charge >= 0.3 is 0 Å². The number of hydrogen-bond acceptors (Lipinski definition) is 4. The lowest BCUT2D eigenvalue weighted by Crippen LogP contribution is -2.13.